The third-order valence-electron chi connectivity index (χ3n) is 2.34. The lowest BCUT2D eigenvalue weighted by Gasteiger charge is -2.05. The van der Waals surface area contributed by atoms with Gasteiger partial charge in [-0.2, -0.15) is 0 Å². The Bertz CT molecular complexity index is 572. The maximum absolute atomic E-state index is 11.9. The molecule has 0 spiro atoms. The van der Waals surface area contributed by atoms with Crippen molar-refractivity contribution in [2.24, 2.45) is 0 Å². The number of benzene rings is 1. The molecule has 0 aliphatic rings. The number of ether oxygens (including phenoxy) is 1. The van der Waals surface area contributed by atoms with Gasteiger partial charge in [0, 0.05) is 6.04 Å². The monoisotopic (exact) mass is 252 g/mol. The van der Waals surface area contributed by atoms with Gasteiger partial charge in [0.1, 0.15) is 5.75 Å². The Balaban J connectivity index is 2.32. The van der Waals surface area contributed by atoms with E-state index >= 15 is 0 Å². The molecule has 0 aliphatic heterocycles. The Morgan fingerprint density at radius 1 is 1.29 bits per heavy atom. The molecule has 0 unspecified atom stereocenters. The van der Waals surface area contributed by atoms with Crippen molar-refractivity contribution in [3.8, 4) is 11.5 Å². The summed E-state index contributed by atoms with van der Waals surface area (Å²) in [6.45, 7) is 3.83. The highest BCUT2D eigenvalue weighted by atomic mass is 35.5. The maximum atomic E-state index is 11.9. The molecule has 4 nitrogen and oxygen atoms in total. The molecule has 1 aromatic carbocycles. The van der Waals surface area contributed by atoms with Gasteiger partial charge in [0.2, 0.25) is 5.75 Å². The largest absolute Gasteiger partial charge is 0.448 e. The van der Waals surface area contributed by atoms with Crippen molar-refractivity contribution in [2.45, 2.75) is 19.9 Å². The number of nitrogens with one attached hydrogen (secondary N) is 1. The standard InChI is InChI=1S/C12H13ClN2O2/c1-8(2)15-12(16)11(7-14-15)17-10-6-4-3-5-9(10)13/h3-8,14H,1-2H3. The van der Waals surface area contributed by atoms with Crippen molar-refractivity contribution in [3.05, 3.63) is 45.8 Å². The molecule has 2 aromatic rings. The van der Waals surface area contributed by atoms with E-state index in [0.29, 0.717) is 10.8 Å². The van der Waals surface area contributed by atoms with Gasteiger partial charge in [-0.25, -0.2) is 4.68 Å². The zero-order valence-corrected chi connectivity index (χ0v) is 10.4. The lowest BCUT2D eigenvalue weighted by molar-refractivity contribution is 0.466. The Kier molecular flexibility index (Phi) is 3.24. The summed E-state index contributed by atoms with van der Waals surface area (Å²) in [6, 6.07) is 7.10. The molecule has 5 heteroatoms. The molecule has 2 rings (SSSR count). The van der Waals surface area contributed by atoms with Crippen LogP contribution in [0.25, 0.3) is 0 Å². The molecule has 0 saturated heterocycles. The number of H-pyrrole nitrogens is 1. The van der Waals surface area contributed by atoms with Crippen molar-refractivity contribution in [2.75, 3.05) is 0 Å². The van der Waals surface area contributed by atoms with Gasteiger partial charge in [-0.15, -0.1) is 0 Å². The van der Waals surface area contributed by atoms with E-state index in [1.807, 2.05) is 13.8 Å². The molecule has 90 valence electrons. The van der Waals surface area contributed by atoms with E-state index in [2.05, 4.69) is 5.10 Å². The van der Waals surface area contributed by atoms with Gasteiger partial charge < -0.3 is 4.74 Å². The zero-order valence-electron chi connectivity index (χ0n) is 9.61. The van der Waals surface area contributed by atoms with E-state index in [9.17, 15) is 4.79 Å². The highest BCUT2D eigenvalue weighted by Crippen LogP contribution is 2.26. The van der Waals surface area contributed by atoms with Crippen LogP contribution in [-0.2, 0) is 0 Å². The van der Waals surface area contributed by atoms with E-state index < -0.39 is 0 Å². The lowest BCUT2D eigenvalue weighted by atomic mass is 10.3. The van der Waals surface area contributed by atoms with Gasteiger partial charge in [-0.05, 0) is 26.0 Å². The smallest absolute Gasteiger partial charge is 0.309 e. The van der Waals surface area contributed by atoms with E-state index in [0.717, 1.165) is 0 Å². The number of hydrogen-bond donors (Lipinski definition) is 1. The molecule has 0 aliphatic carbocycles. The number of rotatable bonds is 3. The minimum Gasteiger partial charge on any atom is -0.448 e. The second kappa shape index (κ2) is 4.67. The molecule has 0 fully saturated rings. The van der Waals surface area contributed by atoms with Crippen molar-refractivity contribution < 1.29 is 4.74 Å². The van der Waals surface area contributed by atoms with Crippen LogP contribution in [0.4, 0.5) is 0 Å². The Hall–Kier alpha value is -1.68. The van der Waals surface area contributed by atoms with Crippen LogP contribution < -0.4 is 10.3 Å². The first-order chi connectivity index (χ1) is 8.09. The fourth-order valence-corrected chi connectivity index (χ4v) is 1.64. The molecule has 0 atom stereocenters. The lowest BCUT2D eigenvalue weighted by Crippen LogP contribution is -2.19. The molecule has 0 amide bonds. The molecule has 0 bridgehead atoms. The zero-order chi connectivity index (χ0) is 12.4. The summed E-state index contributed by atoms with van der Waals surface area (Å²) in [6.07, 6.45) is 1.53. The summed E-state index contributed by atoms with van der Waals surface area (Å²) in [5, 5.41) is 3.33. The van der Waals surface area contributed by atoms with E-state index in [-0.39, 0.29) is 17.4 Å². The predicted molar refractivity (Wildman–Crippen MR) is 67.0 cm³/mol. The second-order valence-corrected chi connectivity index (χ2v) is 4.35. The van der Waals surface area contributed by atoms with Crippen molar-refractivity contribution >= 4 is 11.6 Å². The van der Waals surface area contributed by atoms with Crippen molar-refractivity contribution in [1.82, 2.24) is 9.78 Å². The molecular formula is C12H13ClN2O2. The molecule has 1 N–H and O–H groups in total. The first kappa shape index (κ1) is 11.8. The third-order valence-corrected chi connectivity index (χ3v) is 2.65. The number of aromatic nitrogens is 2. The van der Waals surface area contributed by atoms with Crippen LogP contribution in [0.5, 0.6) is 11.5 Å². The molecule has 17 heavy (non-hydrogen) atoms. The maximum Gasteiger partial charge on any atom is 0.309 e. The fourth-order valence-electron chi connectivity index (χ4n) is 1.47. The Morgan fingerprint density at radius 2 is 2.00 bits per heavy atom. The molecule has 1 aromatic heterocycles. The SMILES string of the molecule is CC(C)n1[nH]cc(Oc2ccccc2Cl)c1=O. The minimum atomic E-state index is -0.195. The number of aromatic amines is 1. The van der Waals surface area contributed by atoms with Crippen LogP contribution in [0.1, 0.15) is 19.9 Å². The average molecular weight is 253 g/mol. The normalized spacial score (nSPS) is 10.8. The summed E-state index contributed by atoms with van der Waals surface area (Å²) >= 11 is 5.95. The van der Waals surface area contributed by atoms with Crippen LogP contribution in [0, 0.1) is 0 Å². The summed E-state index contributed by atoms with van der Waals surface area (Å²) in [7, 11) is 0. The minimum absolute atomic E-state index is 0.0612. The van der Waals surface area contributed by atoms with Crippen molar-refractivity contribution in [1.29, 1.82) is 0 Å². The van der Waals surface area contributed by atoms with E-state index in [1.165, 1.54) is 10.9 Å². The van der Waals surface area contributed by atoms with Crippen LogP contribution in [0.15, 0.2) is 35.3 Å². The van der Waals surface area contributed by atoms with Crippen LogP contribution in [0.2, 0.25) is 5.02 Å². The van der Waals surface area contributed by atoms with E-state index in [4.69, 9.17) is 16.3 Å². The van der Waals surface area contributed by atoms with E-state index in [1.54, 1.807) is 24.3 Å². The number of hydrogen-bond acceptors (Lipinski definition) is 2. The summed E-state index contributed by atoms with van der Waals surface area (Å²) in [4.78, 5) is 11.9. The molecule has 1 heterocycles. The highest BCUT2D eigenvalue weighted by molar-refractivity contribution is 6.32. The molecule has 0 radical (unpaired) electrons. The summed E-state index contributed by atoms with van der Waals surface area (Å²) in [5.74, 6) is 0.716. The van der Waals surface area contributed by atoms with Crippen molar-refractivity contribution in [3.63, 3.8) is 0 Å². The number of para-hydroxylation sites is 1. The number of halogens is 1. The van der Waals surface area contributed by atoms with Gasteiger partial charge >= 0.3 is 5.56 Å². The van der Waals surface area contributed by atoms with Gasteiger partial charge in [0.15, 0.2) is 0 Å². The van der Waals surface area contributed by atoms with Crippen LogP contribution >= 0.6 is 11.6 Å². The van der Waals surface area contributed by atoms with Gasteiger partial charge in [0.05, 0.1) is 11.2 Å². The molecule has 0 saturated carbocycles. The Labute approximate surface area is 104 Å². The second-order valence-electron chi connectivity index (χ2n) is 3.94. The van der Waals surface area contributed by atoms with Gasteiger partial charge in [0.25, 0.3) is 0 Å². The van der Waals surface area contributed by atoms with Gasteiger partial charge in [-0.1, -0.05) is 23.7 Å². The first-order valence-electron chi connectivity index (χ1n) is 5.32. The predicted octanol–water partition coefficient (Wildman–Crippen LogP) is 3.20. The summed E-state index contributed by atoms with van der Waals surface area (Å²) in [5.41, 5.74) is -0.195. The fraction of sp³-hybridized carbons (Fsp3) is 0.250. The Morgan fingerprint density at radius 3 is 2.59 bits per heavy atom. The van der Waals surface area contributed by atoms with Gasteiger partial charge in [-0.3, -0.25) is 9.89 Å². The summed E-state index contributed by atoms with van der Waals surface area (Å²) < 4.78 is 6.97. The quantitative estimate of drug-likeness (QED) is 0.912. The third kappa shape index (κ3) is 2.36. The molecular weight excluding hydrogens is 240 g/mol. The number of nitrogens with zero attached hydrogens (tertiary/aromatic N) is 1. The van der Waals surface area contributed by atoms with Crippen LogP contribution in [-0.4, -0.2) is 9.78 Å². The highest BCUT2D eigenvalue weighted by Gasteiger charge is 2.11. The topological polar surface area (TPSA) is 47.0 Å². The van der Waals surface area contributed by atoms with Crippen LogP contribution in [0.3, 0.4) is 0 Å². The first-order valence-corrected chi connectivity index (χ1v) is 5.69. The average Bonchev–Trinajstić information content (AvgIpc) is 2.64.